The monoisotopic (exact) mass is 233 g/mol. The Bertz CT molecular complexity index is 453. The Morgan fingerprint density at radius 1 is 1.18 bits per heavy atom. The number of halogens is 1. The van der Waals surface area contributed by atoms with E-state index in [0.29, 0.717) is 12.2 Å². The van der Waals surface area contributed by atoms with Gasteiger partial charge in [-0.25, -0.2) is 4.39 Å². The Kier molecular flexibility index (Phi) is 3.81. The molecule has 1 heterocycles. The standard InChI is InChI=1S/C14H16FNO/c1-2-9-16(11-12-6-5-10-17-12)14-8-4-3-7-13(14)15/h3-8,10H,2,9,11H2,1H3. The van der Waals surface area contributed by atoms with Gasteiger partial charge in [-0.15, -0.1) is 0 Å². The summed E-state index contributed by atoms with van der Waals surface area (Å²) in [5, 5.41) is 0. The lowest BCUT2D eigenvalue weighted by molar-refractivity contribution is 0.499. The minimum atomic E-state index is -0.187. The van der Waals surface area contributed by atoms with Crippen LogP contribution < -0.4 is 4.90 Å². The highest BCUT2D eigenvalue weighted by Crippen LogP contribution is 2.21. The average Bonchev–Trinajstić information content (AvgIpc) is 2.82. The zero-order valence-electron chi connectivity index (χ0n) is 9.90. The van der Waals surface area contributed by atoms with E-state index < -0.39 is 0 Å². The van der Waals surface area contributed by atoms with Crippen LogP contribution in [0.3, 0.4) is 0 Å². The maximum atomic E-state index is 13.7. The van der Waals surface area contributed by atoms with Crippen molar-refractivity contribution in [3.63, 3.8) is 0 Å². The number of nitrogens with zero attached hydrogens (tertiary/aromatic N) is 1. The molecular weight excluding hydrogens is 217 g/mol. The van der Waals surface area contributed by atoms with Gasteiger partial charge in [0.2, 0.25) is 0 Å². The van der Waals surface area contributed by atoms with Crippen molar-refractivity contribution in [2.45, 2.75) is 19.9 Å². The Morgan fingerprint density at radius 3 is 2.65 bits per heavy atom. The van der Waals surface area contributed by atoms with Crippen molar-refractivity contribution in [3.8, 4) is 0 Å². The van der Waals surface area contributed by atoms with E-state index in [1.54, 1.807) is 18.4 Å². The van der Waals surface area contributed by atoms with Crippen LogP contribution in [0, 0.1) is 5.82 Å². The molecule has 0 unspecified atom stereocenters. The zero-order valence-corrected chi connectivity index (χ0v) is 9.90. The van der Waals surface area contributed by atoms with E-state index in [9.17, 15) is 4.39 Å². The number of hydrogen-bond acceptors (Lipinski definition) is 2. The van der Waals surface area contributed by atoms with Gasteiger partial charge in [-0.2, -0.15) is 0 Å². The maximum absolute atomic E-state index is 13.7. The van der Waals surface area contributed by atoms with Crippen LogP contribution >= 0.6 is 0 Å². The van der Waals surface area contributed by atoms with Gasteiger partial charge < -0.3 is 9.32 Å². The maximum Gasteiger partial charge on any atom is 0.146 e. The average molecular weight is 233 g/mol. The second-order valence-electron chi connectivity index (χ2n) is 3.95. The van der Waals surface area contributed by atoms with Gasteiger partial charge in [0.05, 0.1) is 18.5 Å². The second-order valence-corrected chi connectivity index (χ2v) is 3.95. The fourth-order valence-corrected chi connectivity index (χ4v) is 1.85. The van der Waals surface area contributed by atoms with E-state index in [4.69, 9.17) is 4.42 Å². The molecule has 1 aromatic heterocycles. The molecule has 0 bridgehead atoms. The summed E-state index contributed by atoms with van der Waals surface area (Å²) in [5.74, 6) is 0.661. The molecule has 1 aromatic carbocycles. The Hall–Kier alpha value is -1.77. The molecular formula is C14H16FNO. The van der Waals surface area contributed by atoms with Gasteiger partial charge in [0.25, 0.3) is 0 Å². The van der Waals surface area contributed by atoms with Crippen LogP contribution in [0.1, 0.15) is 19.1 Å². The predicted molar refractivity (Wildman–Crippen MR) is 66.4 cm³/mol. The van der Waals surface area contributed by atoms with Crippen LogP contribution in [0.5, 0.6) is 0 Å². The van der Waals surface area contributed by atoms with Crippen molar-refractivity contribution in [1.29, 1.82) is 0 Å². The molecule has 3 heteroatoms. The normalized spacial score (nSPS) is 10.5. The predicted octanol–water partition coefficient (Wildman–Crippen LogP) is 3.84. The lowest BCUT2D eigenvalue weighted by Crippen LogP contribution is -2.24. The summed E-state index contributed by atoms with van der Waals surface area (Å²) in [5.41, 5.74) is 0.630. The molecule has 0 saturated heterocycles. The molecule has 0 N–H and O–H groups in total. The van der Waals surface area contributed by atoms with Gasteiger partial charge in [0, 0.05) is 6.54 Å². The van der Waals surface area contributed by atoms with Crippen molar-refractivity contribution in [2.24, 2.45) is 0 Å². The minimum Gasteiger partial charge on any atom is -0.467 e. The molecule has 0 aliphatic carbocycles. The smallest absolute Gasteiger partial charge is 0.146 e. The fraction of sp³-hybridized carbons (Fsp3) is 0.286. The van der Waals surface area contributed by atoms with Gasteiger partial charge in [-0.3, -0.25) is 0 Å². The fourth-order valence-electron chi connectivity index (χ4n) is 1.85. The van der Waals surface area contributed by atoms with Crippen molar-refractivity contribution in [3.05, 3.63) is 54.2 Å². The SMILES string of the molecule is CCCN(Cc1ccco1)c1ccccc1F. The summed E-state index contributed by atoms with van der Waals surface area (Å²) >= 11 is 0. The van der Waals surface area contributed by atoms with Gasteiger partial charge in [0.15, 0.2) is 0 Å². The quantitative estimate of drug-likeness (QED) is 0.780. The number of furan rings is 1. The van der Waals surface area contributed by atoms with Crippen molar-refractivity contribution < 1.29 is 8.81 Å². The van der Waals surface area contributed by atoms with Crippen LogP contribution in [0.15, 0.2) is 47.1 Å². The topological polar surface area (TPSA) is 16.4 Å². The number of hydrogen-bond donors (Lipinski definition) is 0. The van der Waals surface area contributed by atoms with Crippen molar-refractivity contribution >= 4 is 5.69 Å². The molecule has 0 aliphatic heterocycles. The first-order valence-corrected chi connectivity index (χ1v) is 5.83. The van der Waals surface area contributed by atoms with E-state index in [2.05, 4.69) is 6.92 Å². The van der Waals surface area contributed by atoms with E-state index in [-0.39, 0.29) is 5.82 Å². The molecule has 0 spiro atoms. The molecule has 0 fully saturated rings. The molecule has 2 aromatic rings. The summed E-state index contributed by atoms with van der Waals surface area (Å²) in [6.07, 6.45) is 2.61. The number of benzene rings is 1. The van der Waals surface area contributed by atoms with Crippen LogP contribution in [0.2, 0.25) is 0 Å². The summed E-state index contributed by atoms with van der Waals surface area (Å²) in [6.45, 7) is 3.49. The molecule has 90 valence electrons. The zero-order chi connectivity index (χ0) is 12.1. The highest BCUT2D eigenvalue weighted by Gasteiger charge is 2.11. The third-order valence-corrected chi connectivity index (χ3v) is 2.61. The first kappa shape index (κ1) is 11.7. The first-order chi connectivity index (χ1) is 8.31. The highest BCUT2D eigenvalue weighted by atomic mass is 19.1. The molecule has 17 heavy (non-hydrogen) atoms. The summed E-state index contributed by atoms with van der Waals surface area (Å²) in [4.78, 5) is 1.99. The molecule has 0 saturated carbocycles. The third-order valence-electron chi connectivity index (χ3n) is 2.61. The number of para-hydroxylation sites is 1. The van der Waals surface area contributed by atoms with Crippen LogP contribution in [0.25, 0.3) is 0 Å². The largest absolute Gasteiger partial charge is 0.467 e. The highest BCUT2D eigenvalue weighted by molar-refractivity contribution is 5.47. The van der Waals surface area contributed by atoms with Crippen molar-refractivity contribution in [2.75, 3.05) is 11.4 Å². The van der Waals surface area contributed by atoms with Gasteiger partial charge >= 0.3 is 0 Å². The van der Waals surface area contributed by atoms with Gasteiger partial charge in [-0.05, 0) is 30.7 Å². The number of anilines is 1. The lowest BCUT2D eigenvalue weighted by atomic mass is 10.2. The van der Waals surface area contributed by atoms with Crippen LogP contribution in [-0.4, -0.2) is 6.54 Å². The summed E-state index contributed by atoms with van der Waals surface area (Å²) in [6, 6.07) is 10.6. The Labute approximate surface area is 101 Å². The van der Waals surface area contributed by atoms with E-state index in [1.807, 2.05) is 23.1 Å². The Morgan fingerprint density at radius 2 is 2.00 bits per heavy atom. The molecule has 0 atom stereocenters. The van der Waals surface area contributed by atoms with Gasteiger partial charge in [0.1, 0.15) is 11.6 Å². The Balaban J connectivity index is 2.20. The van der Waals surface area contributed by atoms with Crippen LogP contribution in [0.4, 0.5) is 10.1 Å². The number of rotatable bonds is 5. The van der Waals surface area contributed by atoms with Crippen molar-refractivity contribution in [1.82, 2.24) is 0 Å². The second kappa shape index (κ2) is 5.53. The molecule has 0 amide bonds. The summed E-state index contributed by atoms with van der Waals surface area (Å²) in [7, 11) is 0. The molecule has 2 nitrogen and oxygen atoms in total. The molecule has 0 radical (unpaired) electrons. The molecule has 2 rings (SSSR count). The molecule has 0 aliphatic rings. The van der Waals surface area contributed by atoms with Crippen LogP contribution in [-0.2, 0) is 6.54 Å². The van der Waals surface area contributed by atoms with E-state index >= 15 is 0 Å². The summed E-state index contributed by atoms with van der Waals surface area (Å²) < 4.78 is 19.0. The third kappa shape index (κ3) is 2.87. The first-order valence-electron chi connectivity index (χ1n) is 5.83. The lowest BCUT2D eigenvalue weighted by Gasteiger charge is -2.23. The van der Waals surface area contributed by atoms with E-state index in [1.165, 1.54) is 6.07 Å². The minimum absolute atomic E-state index is 0.187. The van der Waals surface area contributed by atoms with E-state index in [0.717, 1.165) is 18.7 Å². The van der Waals surface area contributed by atoms with Gasteiger partial charge in [-0.1, -0.05) is 19.1 Å².